The van der Waals surface area contributed by atoms with Gasteiger partial charge in [-0.15, -0.1) is 0 Å². The topological polar surface area (TPSA) is 75.4 Å². The number of nitrogens with two attached hydrogens (primary N) is 1. The van der Waals surface area contributed by atoms with E-state index in [2.05, 4.69) is 5.32 Å². The second kappa shape index (κ2) is 8.48. The third-order valence-corrected chi connectivity index (χ3v) is 5.59. The smallest absolute Gasteiger partial charge is 0.253 e. The molecule has 0 atom stereocenters. The van der Waals surface area contributed by atoms with Crippen molar-refractivity contribution in [2.75, 3.05) is 25.0 Å². The maximum atomic E-state index is 12.7. The highest BCUT2D eigenvalue weighted by Crippen LogP contribution is 2.25. The molecule has 1 heterocycles. The summed E-state index contributed by atoms with van der Waals surface area (Å²) in [7, 11) is 0. The molecule has 3 N–H and O–H groups in total. The van der Waals surface area contributed by atoms with Gasteiger partial charge < -0.3 is 16.0 Å². The Hall–Kier alpha value is -1.88. The van der Waals surface area contributed by atoms with E-state index in [4.69, 9.17) is 5.73 Å². The zero-order chi connectivity index (χ0) is 17.6. The Bertz CT molecular complexity index is 603. The molecule has 1 saturated carbocycles. The van der Waals surface area contributed by atoms with Gasteiger partial charge in [0.2, 0.25) is 5.91 Å². The molecule has 3 rings (SSSR count). The highest BCUT2D eigenvalue weighted by atomic mass is 16.2. The van der Waals surface area contributed by atoms with E-state index in [0.29, 0.717) is 18.0 Å². The summed E-state index contributed by atoms with van der Waals surface area (Å²) in [5.41, 5.74) is 7.09. The number of anilines is 1. The van der Waals surface area contributed by atoms with Gasteiger partial charge in [0, 0.05) is 30.3 Å². The number of rotatable bonds is 4. The summed E-state index contributed by atoms with van der Waals surface area (Å²) in [6, 6.07) is 7.33. The van der Waals surface area contributed by atoms with Gasteiger partial charge in [0.15, 0.2) is 0 Å². The summed E-state index contributed by atoms with van der Waals surface area (Å²) in [4.78, 5) is 27.0. The minimum absolute atomic E-state index is 0.0456. The Labute approximate surface area is 150 Å². The Morgan fingerprint density at radius 2 is 1.80 bits per heavy atom. The normalized spacial score (nSPS) is 19.6. The molecule has 1 aromatic carbocycles. The van der Waals surface area contributed by atoms with Crippen LogP contribution in [0.25, 0.3) is 0 Å². The number of benzene rings is 1. The van der Waals surface area contributed by atoms with E-state index >= 15 is 0 Å². The van der Waals surface area contributed by atoms with Crippen molar-refractivity contribution in [3.8, 4) is 0 Å². The van der Waals surface area contributed by atoms with Gasteiger partial charge in [0.05, 0.1) is 0 Å². The zero-order valence-corrected chi connectivity index (χ0v) is 14.9. The molecule has 2 aliphatic rings. The molecule has 2 fully saturated rings. The minimum atomic E-state index is 0.0456. The van der Waals surface area contributed by atoms with Crippen molar-refractivity contribution in [1.29, 1.82) is 0 Å². The maximum absolute atomic E-state index is 12.7. The van der Waals surface area contributed by atoms with E-state index in [1.165, 1.54) is 6.42 Å². The molecule has 0 aromatic heterocycles. The van der Waals surface area contributed by atoms with Gasteiger partial charge in [-0.05, 0) is 56.3 Å². The quantitative estimate of drug-likeness (QED) is 0.882. The number of carbonyl (C=O) groups excluding carboxylic acids is 2. The number of piperidine rings is 1. The molecule has 25 heavy (non-hydrogen) atoms. The van der Waals surface area contributed by atoms with Gasteiger partial charge in [-0.25, -0.2) is 0 Å². The van der Waals surface area contributed by atoms with Crippen LogP contribution in [0.5, 0.6) is 0 Å². The van der Waals surface area contributed by atoms with Crippen LogP contribution in [0.1, 0.15) is 55.3 Å². The largest absolute Gasteiger partial charge is 0.339 e. The number of hydrogen-bond donors (Lipinski definition) is 2. The summed E-state index contributed by atoms with van der Waals surface area (Å²) >= 11 is 0. The molecule has 1 aliphatic carbocycles. The van der Waals surface area contributed by atoms with Gasteiger partial charge >= 0.3 is 0 Å². The lowest BCUT2D eigenvalue weighted by atomic mass is 9.88. The molecule has 0 bridgehead atoms. The van der Waals surface area contributed by atoms with Crippen molar-refractivity contribution in [2.24, 2.45) is 17.6 Å². The highest BCUT2D eigenvalue weighted by molar-refractivity contribution is 5.97. The van der Waals surface area contributed by atoms with E-state index in [1.54, 1.807) is 6.07 Å². The first kappa shape index (κ1) is 17.9. The molecular formula is C20H29N3O2. The summed E-state index contributed by atoms with van der Waals surface area (Å²) in [5, 5.41) is 3.00. The molecule has 1 saturated heterocycles. The van der Waals surface area contributed by atoms with Crippen LogP contribution in [0, 0.1) is 11.8 Å². The fourth-order valence-electron chi connectivity index (χ4n) is 3.89. The molecule has 2 amide bonds. The van der Waals surface area contributed by atoms with Gasteiger partial charge in [-0.2, -0.15) is 0 Å². The van der Waals surface area contributed by atoms with Crippen LogP contribution < -0.4 is 11.1 Å². The van der Waals surface area contributed by atoms with Crippen LogP contribution in [0.2, 0.25) is 0 Å². The van der Waals surface area contributed by atoms with Crippen molar-refractivity contribution in [3.63, 3.8) is 0 Å². The number of likely N-dealkylation sites (tertiary alicyclic amines) is 1. The summed E-state index contributed by atoms with van der Waals surface area (Å²) in [5.74, 6) is 0.783. The van der Waals surface area contributed by atoms with Gasteiger partial charge in [0.1, 0.15) is 0 Å². The third kappa shape index (κ3) is 4.60. The minimum Gasteiger partial charge on any atom is -0.339 e. The van der Waals surface area contributed by atoms with E-state index in [9.17, 15) is 9.59 Å². The Balaban J connectivity index is 1.61. The average Bonchev–Trinajstić information content (AvgIpc) is 2.68. The molecule has 0 spiro atoms. The molecule has 5 nitrogen and oxygen atoms in total. The number of nitrogens with zero attached hydrogens (tertiary/aromatic N) is 1. The highest BCUT2D eigenvalue weighted by Gasteiger charge is 2.24. The molecule has 136 valence electrons. The SMILES string of the molecule is NCC1CCN(C(=O)c2cccc(NC(=O)C3CCCCC3)c2)CC1. The number of hydrogen-bond acceptors (Lipinski definition) is 3. The van der Waals surface area contributed by atoms with E-state index in [0.717, 1.165) is 57.3 Å². The lowest BCUT2D eigenvalue weighted by Gasteiger charge is -2.31. The maximum Gasteiger partial charge on any atom is 0.253 e. The van der Waals surface area contributed by atoms with Gasteiger partial charge in [-0.1, -0.05) is 25.3 Å². The molecule has 1 aromatic rings. The monoisotopic (exact) mass is 343 g/mol. The fraction of sp³-hybridized carbons (Fsp3) is 0.600. The molecular weight excluding hydrogens is 314 g/mol. The first-order chi connectivity index (χ1) is 12.2. The fourth-order valence-corrected chi connectivity index (χ4v) is 3.89. The Kier molecular flexibility index (Phi) is 6.08. The predicted octanol–water partition coefficient (Wildman–Crippen LogP) is 3.02. The van der Waals surface area contributed by atoms with Crippen LogP contribution in [-0.4, -0.2) is 36.3 Å². The molecule has 0 radical (unpaired) electrons. The van der Waals surface area contributed by atoms with Crippen molar-refractivity contribution in [3.05, 3.63) is 29.8 Å². The molecule has 0 unspecified atom stereocenters. The predicted molar refractivity (Wildman–Crippen MR) is 99.3 cm³/mol. The third-order valence-electron chi connectivity index (χ3n) is 5.59. The van der Waals surface area contributed by atoms with Crippen LogP contribution in [0.3, 0.4) is 0 Å². The number of carbonyl (C=O) groups is 2. The lowest BCUT2D eigenvalue weighted by molar-refractivity contribution is -0.120. The van der Waals surface area contributed by atoms with Crippen LogP contribution in [0.4, 0.5) is 5.69 Å². The van der Waals surface area contributed by atoms with E-state index in [-0.39, 0.29) is 17.7 Å². The molecule has 1 aliphatic heterocycles. The first-order valence-corrected chi connectivity index (χ1v) is 9.57. The average molecular weight is 343 g/mol. The van der Waals surface area contributed by atoms with Crippen molar-refractivity contribution in [2.45, 2.75) is 44.9 Å². The van der Waals surface area contributed by atoms with Gasteiger partial charge in [0.25, 0.3) is 5.91 Å². The van der Waals surface area contributed by atoms with E-state index < -0.39 is 0 Å². The van der Waals surface area contributed by atoms with Gasteiger partial charge in [-0.3, -0.25) is 9.59 Å². The Morgan fingerprint density at radius 1 is 1.08 bits per heavy atom. The second-order valence-corrected chi connectivity index (χ2v) is 7.38. The number of nitrogens with one attached hydrogen (secondary N) is 1. The number of amides is 2. The first-order valence-electron chi connectivity index (χ1n) is 9.57. The van der Waals surface area contributed by atoms with Crippen LogP contribution >= 0.6 is 0 Å². The molecule has 5 heteroatoms. The standard InChI is InChI=1S/C20H29N3O2/c21-14-15-9-11-23(12-10-15)20(25)17-7-4-8-18(13-17)22-19(24)16-5-2-1-3-6-16/h4,7-8,13,15-16H,1-3,5-6,9-12,14,21H2,(H,22,24). The van der Waals surface area contributed by atoms with Crippen molar-refractivity contribution in [1.82, 2.24) is 4.90 Å². The Morgan fingerprint density at radius 3 is 2.48 bits per heavy atom. The summed E-state index contributed by atoms with van der Waals surface area (Å²) < 4.78 is 0. The summed E-state index contributed by atoms with van der Waals surface area (Å²) in [6.45, 7) is 2.23. The zero-order valence-electron chi connectivity index (χ0n) is 14.9. The van der Waals surface area contributed by atoms with E-state index in [1.807, 2.05) is 23.1 Å². The van der Waals surface area contributed by atoms with Crippen molar-refractivity contribution < 1.29 is 9.59 Å². The van der Waals surface area contributed by atoms with Crippen molar-refractivity contribution >= 4 is 17.5 Å². The lowest BCUT2D eigenvalue weighted by Crippen LogP contribution is -2.40. The van der Waals surface area contributed by atoms with Crippen LogP contribution in [-0.2, 0) is 4.79 Å². The second-order valence-electron chi connectivity index (χ2n) is 7.38. The summed E-state index contributed by atoms with van der Waals surface area (Å²) in [6.07, 6.45) is 7.39. The van der Waals surface area contributed by atoms with Crippen LogP contribution in [0.15, 0.2) is 24.3 Å².